The van der Waals surface area contributed by atoms with Gasteiger partial charge in [0.05, 0.1) is 6.10 Å². The van der Waals surface area contributed by atoms with Gasteiger partial charge in [-0.2, -0.15) is 0 Å². The maximum absolute atomic E-state index is 10.1. The van der Waals surface area contributed by atoms with Gasteiger partial charge in [0.1, 0.15) is 0 Å². The summed E-state index contributed by atoms with van der Waals surface area (Å²) < 4.78 is 0. The van der Waals surface area contributed by atoms with Gasteiger partial charge in [0.25, 0.3) is 0 Å². The average molecular weight is 254 g/mol. The third-order valence-electron chi connectivity index (χ3n) is 3.39. The van der Waals surface area contributed by atoms with Crippen molar-refractivity contribution in [2.75, 3.05) is 13.1 Å². The van der Waals surface area contributed by atoms with Crippen molar-refractivity contribution in [2.24, 2.45) is 0 Å². The molecule has 1 fully saturated rings. The largest absolute Gasteiger partial charge is 0.388 e. The lowest BCUT2D eigenvalue weighted by atomic mass is 10.1. The molecule has 1 aromatic rings. The van der Waals surface area contributed by atoms with Crippen molar-refractivity contribution < 1.29 is 5.11 Å². The van der Waals surface area contributed by atoms with Crippen molar-refractivity contribution >= 4 is 11.6 Å². The number of aliphatic hydroxyl groups is 1. The Morgan fingerprint density at radius 1 is 1.47 bits per heavy atom. The number of hydrogen-bond acceptors (Lipinski definition) is 2. The Morgan fingerprint density at radius 2 is 2.24 bits per heavy atom. The molecule has 0 aliphatic heterocycles. The Hall–Kier alpha value is -0.570. The summed E-state index contributed by atoms with van der Waals surface area (Å²) >= 11 is 5.92. The minimum atomic E-state index is -0.401. The topological polar surface area (TPSA) is 23.5 Å². The maximum atomic E-state index is 10.1. The van der Waals surface area contributed by atoms with Crippen LogP contribution in [-0.2, 0) is 0 Å². The van der Waals surface area contributed by atoms with E-state index in [1.807, 2.05) is 24.3 Å². The summed E-state index contributed by atoms with van der Waals surface area (Å²) in [5.41, 5.74) is 0.921. The normalized spacial score (nSPS) is 17.4. The Bertz CT molecular complexity index is 365. The van der Waals surface area contributed by atoms with Gasteiger partial charge >= 0.3 is 0 Å². The molecule has 17 heavy (non-hydrogen) atoms. The molecule has 1 N–H and O–H groups in total. The van der Waals surface area contributed by atoms with Gasteiger partial charge in [0.2, 0.25) is 0 Å². The van der Waals surface area contributed by atoms with E-state index in [2.05, 4.69) is 11.8 Å². The van der Waals surface area contributed by atoms with Crippen LogP contribution in [0, 0.1) is 0 Å². The van der Waals surface area contributed by atoms with Gasteiger partial charge < -0.3 is 10.0 Å². The van der Waals surface area contributed by atoms with Crippen LogP contribution in [0.4, 0.5) is 0 Å². The first-order valence-corrected chi connectivity index (χ1v) is 6.76. The molecule has 1 saturated carbocycles. The zero-order valence-corrected chi connectivity index (χ0v) is 11.0. The fourth-order valence-electron chi connectivity index (χ4n) is 2.21. The number of benzene rings is 1. The molecule has 1 aliphatic rings. The second-order valence-electron chi connectivity index (χ2n) is 4.72. The van der Waals surface area contributed by atoms with Gasteiger partial charge in [-0.25, -0.2) is 0 Å². The Labute approximate surface area is 108 Å². The lowest BCUT2D eigenvalue weighted by Gasteiger charge is -2.21. The van der Waals surface area contributed by atoms with Gasteiger partial charge in [-0.05, 0) is 43.5 Å². The first-order valence-electron chi connectivity index (χ1n) is 6.38. The summed E-state index contributed by atoms with van der Waals surface area (Å²) in [5.74, 6) is 0. The zero-order chi connectivity index (χ0) is 12.3. The molecule has 2 nitrogen and oxygen atoms in total. The number of nitrogens with zero attached hydrogens (tertiary/aromatic N) is 1. The highest BCUT2D eigenvalue weighted by molar-refractivity contribution is 6.30. The minimum Gasteiger partial charge on any atom is -0.388 e. The molecular weight excluding hydrogens is 234 g/mol. The van der Waals surface area contributed by atoms with Crippen molar-refractivity contribution in [3.05, 3.63) is 34.9 Å². The van der Waals surface area contributed by atoms with Crippen LogP contribution in [-0.4, -0.2) is 29.1 Å². The summed E-state index contributed by atoms with van der Waals surface area (Å²) in [4.78, 5) is 2.45. The van der Waals surface area contributed by atoms with E-state index >= 15 is 0 Å². The SMILES string of the molecule is CCN(CCC(O)c1cccc(Cl)c1)C1CC1. The summed E-state index contributed by atoms with van der Waals surface area (Å²) in [6, 6.07) is 8.27. The van der Waals surface area contributed by atoms with Gasteiger partial charge in [0.15, 0.2) is 0 Å². The van der Waals surface area contributed by atoms with Crippen molar-refractivity contribution in [3.63, 3.8) is 0 Å². The molecule has 0 saturated heterocycles. The number of halogens is 1. The van der Waals surface area contributed by atoms with Crippen molar-refractivity contribution in [3.8, 4) is 0 Å². The van der Waals surface area contributed by atoms with Crippen LogP contribution < -0.4 is 0 Å². The van der Waals surface area contributed by atoms with Crippen LogP contribution in [0.5, 0.6) is 0 Å². The van der Waals surface area contributed by atoms with Gasteiger partial charge in [0, 0.05) is 17.6 Å². The van der Waals surface area contributed by atoms with Crippen LogP contribution >= 0.6 is 11.6 Å². The highest BCUT2D eigenvalue weighted by Gasteiger charge is 2.27. The Balaban J connectivity index is 1.85. The molecule has 0 aromatic heterocycles. The molecule has 0 bridgehead atoms. The molecule has 1 aliphatic carbocycles. The molecule has 1 aromatic carbocycles. The quantitative estimate of drug-likeness (QED) is 0.841. The van der Waals surface area contributed by atoms with Gasteiger partial charge in [-0.15, -0.1) is 0 Å². The third kappa shape index (κ3) is 3.70. The summed E-state index contributed by atoms with van der Waals surface area (Å²) in [5, 5.41) is 10.8. The fourth-order valence-corrected chi connectivity index (χ4v) is 2.41. The van der Waals surface area contributed by atoms with E-state index in [0.29, 0.717) is 5.02 Å². The predicted octanol–water partition coefficient (Wildman–Crippen LogP) is 3.25. The number of aliphatic hydroxyl groups excluding tert-OH is 1. The zero-order valence-electron chi connectivity index (χ0n) is 10.3. The lowest BCUT2D eigenvalue weighted by Crippen LogP contribution is -2.27. The van der Waals surface area contributed by atoms with E-state index in [1.165, 1.54) is 12.8 Å². The molecule has 2 rings (SSSR count). The standard InChI is InChI=1S/C14H20ClNO/c1-2-16(13-6-7-13)9-8-14(17)11-4-3-5-12(15)10-11/h3-5,10,13-14,17H,2,6-9H2,1H3. The highest BCUT2D eigenvalue weighted by atomic mass is 35.5. The minimum absolute atomic E-state index is 0.401. The first-order chi connectivity index (χ1) is 8.20. The number of hydrogen-bond donors (Lipinski definition) is 1. The second kappa shape index (κ2) is 5.85. The van der Waals surface area contributed by atoms with Crippen LogP contribution in [0.15, 0.2) is 24.3 Å². The van der Waals surface area contributed by atoms with Gasteiger partial charge in [-0.3, -0.25) is 0 Å². The monoisotopic (exact) mass is 253 g/mol. The van der Waals surface area contributed by atoms with Crippen LogP contribution in [0.2, 0.25) is 5.02 Å². The van der Waals surface area contributed by atoms with E-state index in [4.69, 9.17) is 11.6 Å². The van der Waals surface area contributed by atoms with Crippen molar-refractivity contribution in [2.45, 2.75) is 38.3 Å². The average Bonchev–Trinajstić information content (AvgIpc) is 3.14. The summed E-state index contributed by atoms with van der Waals surface area (Å²) in [7, 11) is 0. The van der Waals surface area contributed by atoms with Crippen LogP contribution in [0.25, 0.3) is 0 Å². The van der Waals surface area contributed by atoms with E-state index in [9.17, 15) is 5.11 Å². The fraction of sp³-hybridized carbons (Fsp3) is 0.571. The van der Waals surface area contributed by atoms with E-state index in [0.717, 1.165) is 31.1 Å². The maximum Gasteiger partial charge on any atom is 0.0802 e. The molecule has 0 spiro atoms. The first kappa shape index (κ1) is 12.9. The Kier molecular flexibility index (Phi) is 4.43. The van der Waals surface area contributed by atoms with Crippen molar-refractivity contribution in [1.29, 1.82) is 0 Å². The predicted molar refractivity (Wildman–Crippen MR) is 71.3 cm³/mol. The summed E-state index contributed by atoms with van der Waals surface area (Å²) in [6.07, 6.45) is 3.02. The molecule has 0 amide bonds. The molecule has 94 valence electrons. The number of rotatable bonds is 6. The second-order valence-corrected chi connectivity index (χ2v) is 5.16. The third-order valence-corrected chi connectivity index (χ3v) is 3.63. The van der Waals surface area contributed by atoms with E-state index in [-0.39, 0.29) is 0 Å². The highest BCUT2D eigenvalue weighted by Crippen LogP contribution is 2.28. The van der Waals surface area contributed by atoms with E-state index in [1.54, 1.807) is 0 Å². The van der Waals surface area contributed by atoms with Crippen LogP contribution in [0.3, 0.4) is 0 Å². The van der Waals surface area contributed by atoms with Crippen LogP contribution in [0.1, 0.15) is 37.9 Å². The molecule has 0 heterocycles. The molecule has 1 unspecified atom stereocenters. The molecule has 0 radical (unpaired) electrons. The summed E-state index contributed by atoms with van der Waals surface area (Å²) in [6.45, 7) is 4.23. The van der Waals surface area contributed by atoms with Gasteiger partial charge in [-0.1, -0.05) is 30.7 Å². The molecular formula is C14H20ClNO. The smallest absolute Gasteiger partial charge is 0.0802 e. The van der Waals surface area contributed by atoms with E-state index < -0.39 is 6.10 Å². The Morgan fingerprint density at radius 3 is 2.82 bits per heavy atom. The van der Waals surface area contributed by atoms with Crippen molar-refractivity contribution in [1.82, 2.24) is 4.90 Å². The molecule has 3 heteroatoms. The molecule has 1 atom stereocenters. The lowest BCUT2D eigenvalue weighted by molar-refractivity contribution is 0.141.